The summed E-state index contributed by atoms with van der Waals surface area (Å²) in [5.74, 6) is -0.515. The van der Waals surface area contributed by atoms with Crippen LogP contribution in [0.3, 0.4) is 0 Å². The Morgan fingerprint density at radius 1 is 1.28 bits per heavy atom. The first-order valence-corrected chi connectivity index (χ1v) is 11.2. The van der Waals surface area contributed by atoms with Gasteiger partial charge in [0.05, 0.1) is 22.0 Å². The van der Waals surface area contributed by atoms with Gasteiger partial charge in [-0.2, -0.15) is 9.78 Å². The molecule has 0 radical (unpaired) electrons. The highest BCUT2D eigenvalue weighted by molar-refractivity contribution is 9.10. The zero-order chi connectivity index (χ0) is 23.4. The van der Waals surface area contributed by atoms with Gasteiger partial charge in [0.25, 0.3) is 5.56 Å². The first kappa shape index (κ1) is 23.7. The molecule has 0 bridgehead atoms. The molecular weight excluding hydrogens is 548 g/mol. The molecule has 166 valence electrons. The molecule has 9 nitrogen and oxygen atoms in total. The number of nitrogens with zero attached hydrogens (tertiary/aromatic N) is 4. The molecule has 0 aliphatic rings. The largest absolute Gasteiger partial charge is 0.419 e. The third-order valence-electron chi connectivity index (χ3n) is 4.45. The predicted molar refractivity (Wildman–Crippen MR) is 127 cm³/mol. The second kappa shape index (κ2) is 10.1. The monoisotopic (exact) mass is 564 g/mol. The highest BCUT2D eigenvalue weighted by atomic mass is 79.9. The van der Waals surface area contributed by atoms with Crippen molar-refractivity contribution in [3.05, 3.63) is 71.1 Å². The van der Waals surface area contributed by atoms with E-state index < -0.39 is 16.6 Å². The summed E-state index contributed by atoms with van der Waals surface area (Å²) < 4.78 is 7.38. The Bertz CT molecular complexity index is 1300. The second-order valence-corrected chi connectivity index (χ2v) is 8.68. The summed E-state index contributed by atoms with van der Waals surface area (Å²) in [5, 5.41) is 16.1. The Morgan fingerprint density at radius 2 is 2.03 bits per heavy atom. The van der Waals surface area contributed by atoms with Crippen LogP contribution in [0.1, 0.15) is 38.1 Å². The summed E-state index contributed by atoms with van der Waals surface area (Å²) in [5.41, 5.74) is -0.0780. The van der Waals surface area contributed by atoms with E-state index in [4.69, 9.17) is 4.74 Å². The van der Waals surface area contributed by atoms with Gasteiger partial charge in [-0.25, -0.2) is 4.98 Å². The van der Waals surface area contributed by atoms with E-state index >= 15 is 0 Å². The van der Waals surface area contributed by atoms with Crippen molar-refractivity contribution >= 4 is 60.6 Å². The van der Waals surface area contributed by atoms with Gasteiger partial charge < -0.3 is 4.74 Å². The highest BCUT2D eigenvalue weighted by Gasteiger charge is 2.22. The number of nitro groups is 1. The van der Waals surface area contributed by atoms with Crippen LogP contribution in [0, 0.1) is 10.1 Å². The molecule has 0 aliphatic heterocycles. The van der Waals surface area contributed by atoms with Crippen molar-refractivity contribution in [1.29, 1.82) is 0 Å². The number of carbonyl (C=O) groups is 1. The zero-order valence-corrected chi connectivity index (χ0v) is 20.3. The molecule has 0 aliphatic carbocycles. The van der Waals surface area contributed by atoms with E-state index in [1.54, 1.807) is 18.2 Å². The fourth-order valence-electron chi connectivity index (χ4n) is 3.02. The lowest BCUT2D eigenvalue weighted by Crippen LogP contribution is -2.22. The van der Waals surface area contributed by atoms with Crippen LogP contribution in [0.2, 0.25) is 0 Å². The predicted octanol–water partition coefficient (Wildman–Crippen LogP) is 4.98. The van der Waals surface area contributed by atoms with Crippen molar-refractivity contribution in [2.75, 3.05) is 0 Å². The summed E-state index contributed by atoms with van der Waals surface area (Å²) in [6, 6.07) is 7.95. The van der Waals surface area contributed by atoms with Crippen LogP contribution in [0.15, 0.2) is 49.2 Å². The minimum atomic E-state index is -0.719. The molecule has 3 aromatic rings. The number of benzene rings is 2. The van der Waals surface area contributed by atoms with Crippen molar-refractivity contribution < 1.29 is 14.5 Å². The number of unbranched alkanes of at least 4 members (excludes halogenated alkanes) is 1. The number of carbonyl (C=O) groups excluding carboxylic acids is 1. The molecule has 0 spiro atoms. The standard InChI is InChI=1S/C21H18Br2N4O5/c1-3-4-5-19-25-17-7-6-14(22)9-16(17)21(29)26(19)24-11-13-8-15(23)10-18(27(30)31)20(13)32-12(2)28/h6-11H,3-5H2,1-2H3. The number of rotatable bonds is 7. The molecule has 0 amide bonds. The van der Waals surface area contributed by atoms with E-state index in [2.05, 4.69) is 41.9 Å². The van der Waals surface area contributed by atoms with E-state index in [9.17, 15) is 19.7 Å². The number of hydrogen-bond acceptors (Lipinski definition) is 7. The lowest BCUT2D eigenvalue weighted by Gasteiger charge is -2.10. The number of aryl methyl sites for hydroxylation is 1. The Kier molecular flexibility index (Phi) is 7.52. The Morgan fingerprint density at radius 3 is 2.69 bits per heavy atom. The van der Waals surface area contributed by atoms with E-state index in [-0.39, 0.29) is 16.9 Å². The molecule has 0 atom stereocenters. The molecule has 0 saturated heterocycles. The average Bonchev–Trinajstić information content (AvgIpc) is 2.73. The maximum Gasteiger partial charge on any atom is 0.313 e. The van der Waals surface area contributed by atoms with Crippen LogP contribution >= 0.6 is 31.9 Å². The smallest absolute Gasteiger partial charge is 0.313 e. The quantitative estimate of drug-likeness (QED) is 0.131. The Labute approximate surface area is 199 Å². The molecule has 0 saturated carbocycles. The van der Waals surface area contributed by atoms with Gasteiger partial charge in [-0.3, -0.25) is 19.7 Å². The third kappa shape index (κ3) is 5.28. The van der Waals surface area contributed by atoms with Crippen LogP contribution in [0.4, 0.5) is 5.69 Å². The van der Waals surface area contributed by atoms with E-state index in [1.807, 2.05) is 6.92 Å². The van der Waals surface area contributed by atoms with Crippen molar-refractivity contribution in [2.24, 2.45) is 5.10 Å². The van der Waals surface area contributed by atoms with Gasteiger partial charge in [0.15, 0.2) is 0 Å². The minimum absolute atomic E-state index is 0.156. The van der Waals surface area contributed by atoms with E-state index in [1.165, 1.54) is 23.0 Å². The third-order valence-corrected chi connectivity index (χ3v) is 5.40. The number of esters is 1. The maximum atomic E-state index is 13.2. The second-order valence-electron chi connectivity index (χ2n) is 6.85. The van der Waals surface area contributed by atoms with Crippen molar-refractivity contribution in [1.82, 2.24) is 9.66 Å². The molecule has 11 heteroatoms. The van der Waals surface area contributed by atoms with Gasteiger partial charge in [0, 0.05) is 33.9 Å². The van der Waals surface area contributed by atoms with Gasteiger partial charge in [-0.15, -0.1) is 0 Å². The molecule has 0 unspecified atom stereocenters. The SMILES string of the molecule is CCCCc1nc2ccc(Br)cc2c(=O)n1N=Cc1cc(Br)cc([N+](=O)[O-])c1OC(C)=O. The fraction of sp³-hybridized carbons (Fsp3) is 0.238. The zero-order valence-electron chi connectivity index (χ0n) is 17.2. The molecule has 3 rings (SSSR count). The van der Waals surface area contributed by atoms with Gasteiger partial charge >= 0.3 is 11.7 Å². The van der Waals surface area contributed by atoms with Crippen LogP contribution in [0.25, 0.3) is 10.9 Å². The topological polar surface area (TPSA) is 117 Å². The maximum absolute atomic E-state index is 13.2. The summed E-state index contributed by atoms with van der Waals surface area (Å²) >= 11 is 6.58. The molecule has 2 aromatic carbocycles. The van der Waals surface area contributed by atoms with Crippen LogP contribution in [0.5, 0.6) is 5.75 Å². The average molecular weight is 566 g/mol. The number of ether oxygens (including phenoxy) is 1. The molecule has 0 fully saturated rings. The van der Waals surface area contributed by atoms with Crippen LogP contribution in [-0.4, -0.2) is 26.8 Å². The Balaban J connectivity index is 2.21. The lowest BCUT2D eigenvalue weighted by atomic mass is 10.2. The molecule has 1 aromatic heterocycles. The van der Waals surface area contributed by atoms with Gasteiger partial charge in [-0.05, 0) is 30.7 Å². The van der Waals surface area contributed by atoms with Gasteiger partial charge in [0.1, 0.15) is 5.82 Å². The molecular formula is C21H18Br2N4O5. The molecule has 1 heterocycles. The van der Waals surface area contributed by atoms with E-state index in [0.29, 0.717) is 27.6 Å². The first-order valence-electron chi connectivity index (χ1n) is 9.63. The summed E-state index contributed by atoms with van der Waals surface area (Å²) in [4.78, 5) is 40.1. The first-order chi connectivity index (χ1) is 15.2. The normalized spacial score (nSPS) is 11.2. The van der Waals surface area contributed by atoms with Crippen molar-refractivity contribution in [3.8, 4) is 5.75 Å². The van der Waals surface area contributed by atoms with Gasteiger partial charge in [0.2, 0.25) is 5.75 Å². The molecule has 0 N–H and O–H groups in total. The van der Waals surface area contributed by atoms with Crippen molar-refractivity contribution in [3.63, 3.8) is 0 Å². The summed E-state index contributed by atoms with van der Waals surface area (Å²) in [7, 11) is 0. The van der Waals surface area contributed by atoms with Crippen LogP contribution in [-0.2, 0) is 11.2 Å². The number of fused-ring (bicyclic) bond motifs is 1. The summed E-state index contributed by atoms with van der Waals surface area (Å²) in [6.45, 7) is 3.17. The number of nitro benzene ring substituents is 1. The summed E-state index contributed by atoms with van der Waals surface area (Å²) in [6.07, 6.45) is 3.46. The Hall–Kier alpha value is -2.92. The number of hydrogen-bond donors (Lipinski definition) is 0. The van der Waals surface area contributed by atoms with Gasteiger partial charge in [-0.1, -0.05) is 45.2 Å². The van der Waals surface area contributed by atoms with Crippen LogP contribution < -0.4 is 10.3 Å². The number of halogens is 2. The lowest BCUT2D eigenvalue weighted by molar-refractivity contribution is -0.385. The fourth-order valence-corrected chi connectivity index (χ4v) is 3.84. The molecule has 32 heavy (non-hydrogen) atoms. The van der Waals surface area contributed by atoms with Crippen molar-refractivity contribution in [2.45, 2.75) is 33.1 Å². The minimum Gasteiger partial charge on any atom is -0.419 e. The number of aromatic nitrogens is 2. The van der Waals surface area contributed by atoms with E-state index in [0.717, 1.165) is 24.2 Å². The highest BCUT2D eigenvalue weighted by Crippen LogP contribution is 2.34.